The van der Waals surface area contributed by atoms with Crippen molar-refractivity contribution in [3.05, 3.63) is 0 Å². The third kappa shape index (κ3) is 7.55. The summed E-state index contributed by atoms with van der Waals surface area (Å²) < 4.78 is 5.33. The maximum atomic E-state index is 12.5. The van der Waals surface area contributed by atoms with Crippen molar-refractivity contribution >= 4 is 35.8 Å². The summed E-state index contributed by atoms with van der Waals surface area (Å²) in [5.74, 6) is 1.01. The number of rotatable bonds is 9. The average Bonchev–Trinajstić information content (AvgIpc) is 3.02. The molecule has 0 atom stereocenters. The highest BCUT2D eigenvalue weighted by atomic mass is 127. The Bertz CT molecular complexity index is 383. The molecule has 0 aliphatic heterocycles. The predicted octanol–water partition coefficient (Wildman–Crippen LogP) is 2.23. The lowest BCUT2D eigenvalue weighted by atomic mass is 9.84. The molecular formula is C17H35IN4O2. The molecule has 1 aliphatic rings. The van der Waals surface area contributed by atoms with Crippen molar-refractivity contribution in [2.45, 2.75) is 45.4 Å². The van der Waals surface area contributed by atoms with E-state index < -0.39 is 0 Å². The van der Waals surface area contributed by atoms with Crippen LogP contribution < -0.4 is 10.6 Å². The molecule has 0 saturated heterocycles. The van der Waals surface area contributed by atoms with Crippen LogP contribution in [0.2, 0.25) is 0 Å². The number of guanidine groups is 1. The number of halogens is 1. The summed E-state index contributed by atoms with van der Waals surface area (Å²) in [6.45, 7) is 5.12. The van der Waals surface area contributed by atoms with Gasteiger partial charge in [0.05, 0.1) is 5.41 Å². The lowest BCUT2D eigenvalue weighted by Gasteiger charge is -2.31. The van der Waals surface area contributed by atoms with Gasteiger partial charge in [-0.15, -0.1) is 24.0 Å². The van der Waals surface area contributed by atoms with Crippen molar-refractivity contribution in [3.63, 3.8) is 0 Å². The van der Waals surface area contributed by atoms with Crippen molar-refractivity contribution in [3.8, 4) is 0 Å². The molecule has 0 aromatic heterocycles. The van der Waals surface area contributed by atoms with Gasteiger partial charge in [-0.3, -0.25) is 9.79 Å². The van der Waals surface area contributed by atoms with Gasteiger partial charge in [0.1, 0.15) is 0 Å². The number of carbonyl (C=O) groups excluding carboxylic acids is 1. The maximum absolute atomic E-state index is 12.5. The van der Waals surface area contributed by atoms with E-state index in [2.05, 4.69) is 15.6 Å². The first-order chi connectivity index (χ1) is 11.1. The highest BCUT2D eigenvalue weighted by Gasteiger charge is 2.42. The molecular weight excluding hydrogens is 419 g/mol. The molecule has 7 heteroatoms. The first kappa shape index (κ1) is 23.4. The Morgan fingerprint density at radius 3 is 2.42 bits per heavy atom. The number of nitrogens with zero attached hydrogens (tertiary/aromatic N) is 2. The molecule has 0 unspecified atom stereocenters. The van der Waals surface area contributed by atoms with Gasteiger partial charge in [-0.1, -0.05) is 12.8 Å². The zero-order chi connectivity index (χ0) is 17.1. The first-order valence-corrected chi connectivity index (χ1v) is 8.80. The number of aliphatic imine (C=N–C) groups is 1. The van der Waals surface area contributed by atoms with Crippen molar-refractivity contribution < 1.29 is 9.53 Å². The van der Waals surface area contributed by atoms with Crippen LogP contribution in [0.4, 0.5) is 0 Å². The van der Waals surface area contributed by atoms with Gasteiger partial charge in [-0.05, 0) is 32.6 Å². The minimum absolute atomic E-state index is 0. The number of nitrogens with one attached hydrogen (secondary N) is 2. The van der Waals surface area contributed by atoms with Gasteiger partial charge < -0.3 is 20.3 Å². The summed E-state index contributed by atoms with van der Waals surface area (Å²) in [6, 6.07) is 0. The second-order valence-electron chi connectivity index (χ2n) is 6.44. The third-order valence-electron chi connectivity index (χ3n) is 4.45. The largest absolute Gasteiger partial charge is 0.382 e. The summed E-state index contributed by atoms with van der Waals surface area (Å²) in [5.41, 5.74) is -0.268. The van der Waals surface area contributed by atoms with E-state index in [0.717, 1.165) is 64.2 Å². The minimum Gasteiger partial charge on any atom is -0.382 e. The number of unbranched alkanes of at least 4 members (excludes halogenated alkanes) is 1. The Morgan fingerprint density at radius 2 is 1.88 bits per heavy atom. The highest BCUT2D eigenvalue weighted by Crippen LogP contribution is 2.38. The molecule has 1 aliphatic carbocycles. The first-order valence-electron chi connectivity index (χ1n) is 8.80. The summed E-state index contributed by atoms with van der Waals surface area (Å²) in [7, 11) is 5.45. The van der Waals surface area contributed by atoms with Crippen molar-refractivity contribution in [2.75, 3.05) is 47.4 Å². The fraction of sp³-hybridized carbons (Fsp3) is 0.882. The molecule has 0 aromatic carbocycles. The van der Waals surface area contributed by atoms with Gasteiger partial charge in [0.25, 0.3) is 0 Å². The van der Waals surface area contributed by atoms with Crippen LogP contribution >= 0.6 is 24.0 Å². The molecule has 0 spiro atoms. The number of ether oxygens (including phenoxy) is 1. The van der Waals surface area contributed by atoms with Gasteiger partial charge in [-0.2, -0.15) is 0 Å². The van der Waals surface area contributed by atoms with E-state index in [1.807, 2.05) is 21.0 Å². The predicted molar refractivity (Wildman–Crippen MR) is 110 cm³/mol. The van der Waals surface area contributed by atoms with Gasteiger partial charge in [0.15, 0.2) is 5.96 Å². The average molecular weight is 454 g/mol. The molecule has 1 saturated carbocycles. The van der Waals surface area contributed by atoms with E-state index in [4.69, 9.17) is 4.74 Å². The normalized spacial score (nSPS) is 16.4. The molecule has 1 amide bonds. The lowest BCUT2D eigenvalue weighted by Crippen LogP contribution is -2.49. The van der Waals surface area contributed by atoms with E-state index in [1.54, 1.807) is 11.9 Å². The Morgan fingerprint density at radius 1 is 1.21 bits per heavy atom. The molecule has 2 N–H and O–H groups in total. The van der Waals surface area contributed by atoms with Crippen molar-refractivity contribution in [1.82, 2.24) is 15.5 Å². The molecule has 6 nitrogen and oxygen atoms in total. The lowest BCUT2D eigenvalue weighted by molar-refractivity contribution is -0.138. The second kappa shape index (κ2) is 12.7. The maximum Gasteiger partial charge on any atom is 0.230 e. The van der Waals surface area contributed by atoms with Crippen LogP contribution in [0, 0.1) is 5.41 Å². The number of hydrogen-bond donors (Lipinski definition) is 2. The monoisotopic (exact) mass is 454 g/mol. The molecule has 24 heavy (non-hydrogen) atoms. The molecule has 0 aromatic rings. The van der Waals surface area contributed by atoms with Gasteiger partial charge in [0.2, 0.25) is 5.91 Å². The Balaban J connectivity index is 0.00000529. The van der Waals surface area contributed by atoms with Crippen molar-refractivity contribution in [1.29, 1.82) is 0 Å². The molecule has 1 rings (SSSR count). The molecule has 0 bridgehead atoms. The number of hydrogen-bond acceptors (Lipinski definition) is 3. The highest BCUT2D eigenvalue weighted by molar-refractivity contribution is 14.0. The number of amides is 1. The van der Waals surface area contributed by atoms with Gasteiger partial charge in [-0.25, -0.2) is 0 Å². The smallest absolute Gasteiger partial charge is 0.230 e. The Hall–Kier alpha value is -0.570. The zero-order valence-electron chi connectivity index (χ0n) is 15.7. The van der Waals surface area contributed by atoms with E-state index in [9.17, 15) is 4.79 Å². The fourth-order valence-electron chi connectivity index (χ4n) is 3.15. The SMILES string of the molecule is CCOCCCCNC(=NC)NCC1(C(=O)N(C)C)CCCC1.I. The van der Waals surface area contributed by atoms with Crippen LogP contribution in [-0.4, -0.2) is 64.2 Å². The molecule has 142 valence electrons. The zero-order valence-corrected chi connectivity index (χ0v) is 18.0. The van der Waals surface area contributed by atoms with Crippen LogP contribution in [-0.2, 0) is 9.53 Å². The van der Waals surface area contributed by atoms with E-state index in [0.29, 0.717) is 6.54 Å². The molecule has 0 radical (unpaired) electrons. The summed E-state index contributed by atoms with van der Waals surface area (Å²) >= 11 is 0. The minimum atomic E-state index is -0.268. The van der Waals surface area contributed by atoms with Crippen LogP contribution in [0.5, 0.6) is 0 Å². The summed E-state index contributed by atoms with van der Waals surface area (Å²) in [5, 5.41) is 6.66. The van der Waals surface area contributed by atoms with Crippen LogP contribution in [0.15, 0.2) is 4.99 Å². The second-order valence-corrected chi connectivity index (χ2v) is 6.44. The summed E-state index contributed by atoms with van der Waals surface area (Å²) in [6.07, 6.45) is 6.27. The van der Waals surface area contributed by atoms with E-state index >= 15 is 0 Å². The topological polar surface area (TPSA) is 66.0 Å². The van der Waals surface area contributed by atoms with Gasteiger partial charge >= 0.3 is 0 Å². The standard InChI is InChI=1S/C17H34N4O2.HI/c1-5-23-13-9-8-12-19-16(18-2)20-14-17(10-6-7-11-17)15(22)21(3)4;/h5-14H2,1-4H3,(H2,18,19,20);1H. The van der Waals surface area contributed by atoms with Crippen molar-refractivity contribution in [2.24, 2.45) is 10.4 Å². The van der Waals surface area contributed by atoms with Crippen LogP contribution in [0.25, 0.3) is 0 Å². The number of carbonyl (C=O) groups is 1. The van der Waals surface area contributed by atoms with E-state index in [-0.39, 0.29) is 35.3 Å². The Kier molecular flexibility index (Phi) is 12.4. The quantitative estimate of drug-likeness (QED) is 0.243. The van der Waals surface area contributed by atoms with Gasteiger partial charge in [0, 0.05) is 47.4 Å². The van der Waals surface area contributed by atoms with E-state index in [1.165, 1.54) is 0 Å². The Labute approximate surface area is 164 Å². The fourth-order valence-corrected chi connectivity index (χ4v) is 3.15. The van der Waals surface area contributed by atoms with Crippen LogP contribution in [0.1, 0.15) is 45.4 Å². The molecule has 0 heterocycles. The van der Waals surface area contributed by atoms with Crippen LogP contribution in [0.3, 0.4) is 0 Å². The summed E-state index contributed by atoms with van der Waals surface area (Å²) in [4.78, 5) is 18.5. The molecule has 1 fully saturated rings. The third-order valence-corrected chi connectivity index (χ3v) is 4.45.